The minimum atomic E-state index is -0.328. The topological polar surface area (TPSA) is 52.6 Å². The molecule has 0 aromatic rings. The summed E-state index contributed by atoms with van der Waals surface area (Å²) in [7, 11) is 0. The van der Waals surface area contributed by atoms with Gasteiger partial charge >= 0.3 is 5.97 Å². The second-order valence-corrected chi connectivity index (χ2v) is 1.70. The summed E-state index contributed by atoms with van der Waals surface area (Å²) in [5.74, 6) is -0.328. The normalized spacial score (nSPS) is 9.55. The fourth-order valence-corrected chi connectivity index (χ4v) is 0.396. The van der Waals surface area contributed by atoms with Crippen LogP contribution in [0, 0.1) is 0 Å². The highest BCUT2D eigenvalue weighted by Gasteiger charge is 1.85. The van der Waals surface area contributed by atoms with E-state index in [0.717, 1.165) is 0 Å². The summed E-state index contributed by atoms with van der Waals surface area (Å²) in [5, 5.41) is 0. The molecule has 0 fully saturated rings. The quantitative estimate of drug-likeness (QED) is 0.249. The van der Waals surface area contributed by atoms with Crippen LogP contribution >= 0.6 is 0 Å². The number of hydrogen-bond acceptors (Lipinski definition) is 4. The number of hydrogen-bond donors (Lipinski definition) is 0. The molecule has 0 aliphatic carbocycles. The summed E-state index contributed by atoms with van der Waals surface area (Å²) in [4.78, 5) is 19.8. The van der Waals surface area contributed by atoms with Crippen molar-refractivity contribution in [1.82, 2.24) is 0 Å². The van der Waals surface area contributed by atoms with E-state index in [2.05, 4.69) is 9.47 Å². The van der Waals surface area contributed by atoms with Gasteiger partial charge in [-0.2, -0.15) is 0 Å². The Hall–Kier alpha value is -1.32. The van der Waals surface area contributed by atoms with Gasteiger partial charge in [0.1, 0.15) is 13.2 Å². The Bertz CT molecular complexity index is 151. The number of carbonyl (C=O) groups excluding carboxylic acids is 2. The van der Waals surface area contributed by atoms with Crippen LogP contribution in [0.25, 0.3) is 0 Å². The smallest absolute Gasteiger partial charge is 0.302 e. The lowest BCUT2D eigenvalue weighted by Crippen LogP contribution is -1.97. The Morgan fingerprint density at radius 1 is 1.36 bits per heavy atom. The molecule has 0 radical (unpaired) electrons. The monoisotopic (exact) mass is 158 g/mol. The van der Waals surface area contributed by atoms with E-state index in [-0.39, 0.29) is 19.2 Å². The van der Waals surface area contributed by atoms with Crippen LogP contribution in [0.15, 0.2) is 12.2 Å². The van der Waals surface area contributed by atoms with Crippen molar-refractivity contribution < 1.29 is 19.1 Å². The van der Waals surface area contributed by atoms with Crippen LogP contribution in [-0.4, -0.2) is 25.7 Å². The minimum Gasteiger partial charge on any atom is -0.464 e. The summed E-state index contributed by atoms with van der Waals surface area (Å²) in [6, 6.07) is 0. The third-order valence-electron chi connectivity index (χ3n) is 0.810. The molecule has 0 heterocycles. The minimum absolute atomic E-state index is 0.213. The van der Waals surface area contributed by atoms with Gasteiger partial charge in [-0.3, -0.25) is 9.59 Å². The molecule has 4 heteroatoms. The van der Waals surface area contributed by atoms with Crippen LogP contribution in [-0.2, 0) is 19.1 Å². The Morgan fingerprint density at radius 3 is 2.55 bits per heavy atom. The van der Waals surface area contributed by atoms with Crippen molar-refractivity contribution in [3.63, 3.8) is 0 Å². The molecule has 0 unspecified atom stereocenters. The van der Waals surface area contributed by atoms with Crippen molar-refractivity contribution in [2.45, 2.75) is 6.92 Å². The van der Waals surface area contributed by atoms with E-state index in [1.54, 1.807) is 12.2 Å². The molecule has 0 amide bonds. The maximum Gasteiger partial charge on any atom is 0.302 e. The number of ether oxygens (including phenoxy) is 2. The molecule has 0 rings (SSSR count). The lowest BCUT2D eigenvalue weighted by Gasteiger charge is -1.93. The van der Waals surface area contributed by atoms with Crippen molar-refractivity contribution in [2.24, 2.45) is 0 Å². The van der Waals surface area contributed by atoms with Gasteiger partial charge < -0.3 is 9.47 Å². The molecule has 62 valence electrons. The first-order valence-electron chi connectivity index (χ1n) is 3.11. The summed E-state index contributed by atoms with van der Waals surface area (Å²) < 4.78 is 8.89. The summed E-state index contributed by atoms with van der Waals surface area (Å²) >= 11 is 0. The van der Waals surface area contributed by atoms with E-state index < -0.39 is 0 Å². The van der Waals surface area contributed by atoms with Crippen molar-refractivity contribution in [1.29, 1.82) is 0 Å². The number of rotatable bonds is 5. The molecule has 0 spiro atoms. The standard InChI is InChI=1S/C7H10O4/c1-7(9)11-5-3-2-4-10-6-8/h2-3,6H,4-5H2,1H3/b3-2+. The molecule has 0 N–H and O–H groups in total. The lowest BCUT2D eigenvalue weighted by atomic mass is 10.5. The Morgan fingerprint density at radius 2 is 2.00 bits per heavy atom. The summed E-state index contributed by atoms with van der Waals surface area (Å²) in [6.45, 7) is 2.12. The largest absolute Gasteiger partial charge is 0.464 e. The predicted molar refractivity (Wildman–Crippen MR) is 37.8 cm³/mol. The highest BCUT2D eigenvalue weighted by atomic mass is 16.5. The van der Waals surface area contributed by atoms with Crippen molar-refractivity contribution in [3.05, 3.63) is 12.2 Å². The first kappa shape index (κ1) is 9.68. The predicted octanol–water partition coefficient (Wildman–Crippen LogP) is 0.279. The molecule has 0 aromatic heterocycles. The van der Waals surface area contributed by atoms with Crippen LogP contribution in [0.1, 0.15) is 6.92 Å². The van der Waals surface area contributed by atoms with Crippen LogP contribution in [0.3, 0.4) is 0 Å². The second-order valence-electron chi connectivity index (χ2n) is 1.70. The van der Waals surface area contributed by atoms with Gasteiger partial charge in [-0.1, -0.05) is 0 Å². The Kier molecular flexibility index (Phi) is 5.98. The van der Waals surface area contributed by atoms with E-state index in [0.29, 0.717) is 6.47 Å². The fourth-order valence-electron chi connectivity index (χ4n) is 0.396. The van der Waals surface area contributed by atoms with E-state index in [9.17, 15) is 9.59 Å². The molecule has 0 aliphatic heterocycles. The molecular formula is C7H10O4. The van der Waals surface area contributed by atoms with Gasteiger partial charge in [-0.05, 0) is 12.2 Å². The van der Waals surface area contributed by atoms with Gasteiger partial charge in [0, 0.05) is 6.92 Å². The van der Waals surface area contributed by atoms with E-state index in [1.807, 2.05) is 0 Å². The first-order valence-corrected chi connectivity index (χ1v) is 3.11. The van der Waals surface area contributed by atoms with Gasteiger partial charge in [0.25, 0.3) is 6.47 Å². The fraction of sp³-hybridized carbons (Fsp3) is 0.429. The average Bonchev–Trinajstić information content (AvgIpc) is 1.96. The van der Waals surface area contributed by atoms with Gasteiger partial charge in [0.05, 0.1) is 0 Å². The SMILES string of the molecule is CC(=O)OC/C=C/COC=O. The van der Waals surface area contributed by atoms with Gasteiger partial charge in [-0.15, -0.1) is 0 Å². The van der Waals surface area contributed by atoms with Crippen molar-refractivity contribution in [2.75, 3.05) is 13.2 Å². The molecule has 0 bridgehead atoms. The summed E-state index contributed by atoms with van der Waals surface area (Å²) in [5.41, 5.74) is 0. The van der Waals surface area contributed by atoms with E-state index in [1.165, 1.54) is 6.92 Å². The molecule has 0 saturated heterocycles. The molecular weight excluding hydrogens is 148 g/mol. The van der Waals surface area contributed by atoms with Crippen molar-refractivity contribution in [3.8, 4) is 0 Å². The Labute approximate surface area is 64.8 Å². The van der Waals surface area contributed by atoms with Crippen LogP contribution < -0.4 is 0 Å². The van der Waals surface area contributed by atoms with Crippen molar-refractivity contribution >= 4 is 12.4 Å². The van der Waals surface area contributed by atoms with Gasteiger partial charge in [-0.25, -0.2) is 0 Å². The molecule has 0 atom stereocenters. The lowest BCUT2D eigenvalue weighted by molar-refractivity contribution is -0.139. The summed E-state index contributed by atoms with van der Waals surface area (Å²) in [6.07, 6.45) is 3.20. The van der Waals surface area contributed by atoms with Gasteiger partial charge in [0.15, 0.2) is 0 Å². The van der Waals surface area contributed by atoms with Crippen LogP contribution in [0.2, 0.25) is 0 Å². The van der Waals surface area contributed by atoms with E-state index >= 15 is 0 Å². The maximum absolute atomic E-state index is 10.2. The Balaban J connectivity index is 3.16. The average molecular weight is 158 g/mol. The number of esters is 1. The third-order valence-corrected chi connectivity index (χ3v) is 0.810. The molecule has 4 nitrogen and oxygen atoms in total. The van der Waals surface area contributed by atoms with Gasteiger partial charge in [0.2, 0.25) is 0 Å². The number of carbonyl (C=O) groups is 2. The third kappa shape index (κ3) is 8.68. The zero-order valence-corrected chi connectivity index (χ0v) is 6.28. The molecule has 0 saturated carbocycles. The highest BCUT2D eigenvalue weighted by Crippen LogP contribution is 1.79. The second kappa shape index (κ2) is 6.80. The van der Waals surface area contributed by atoms with Crippen LogP contribution in [0.5, 0.6) is 0 Å². The zero-order chi connectivity index (χ0) is 8.53. The van der Waals surface area contributed by atoms with E-state index in [4.69, 9.17) is 0 Å². The molecule has 0 aromatic carbocycles. The molecule has 11 heavy (non-hydrogen) atoms. The highest BCUT2D eigenvalue weighted by molar-refractivity contribution is 5.65. The maximum atomic E-state index is 10.2. The van der Waals surface area contributed by atoms with Crippen LogP contribution in [0.4, 0.5) is 0 Å². The first-order chi connectivity index (χ1) is 5.27. The molecule has 0 aliphatic rings. The zero-order valence-electron chi connectivity index (χ0n) is 6.28.